The smallest absolute Gasteiger partial charge is 0.246 e. The Morgan fingerprint density at radius 1 is 0.970 bits per heavy atom. The molecule has 4 aromatic rings. The molecule has 5 nitrogen and oxygen atoms in total. The molecule has 0 aliphatic heterocycles. The minimum absolute atomic E-state index is 0.155. The second-order valence-electron chi connectivity index (χ2n) is 7.21. The SMILES string of the molecule is Cc1cccc(-n2c(-c3ccc(Cl)cc3Cl)nn(CC(=O)Nc3c(Cl)cccc3Cl)c2=S)c1. The van der Waals surface area contributed by atoms with Crippen LogP contribution in [0.25, 0.3) is 17.1 Å². The van der Waals surface area contributed by atoms with Crippen LogP contribution >= 0.6 is 58.6 Å². The molecule has 0 spiro atoms. The first-order valence-electron chi connectivity index (χ1n) is 9.71. The van der Waals surface area contributed by atoms with Gasteiger partial charge in [0.15, 0.2) is 5.82 Å². The number of nitrogens with one attached hydrogen (secondary N) is 1. The number of anilines is 1. The van der Waals surface area contributed by atoms with Crippen LogP contribution in [0.15, 0.2) is 60.7 Å². The molecule has 0 saturated heterocycles. The minimum Gasteiger partial charge on any atom is -0.322 e. The number of aryl methyl sites for hydroxylation is 1. The van der Waals surface area contributed by atoms with Crippen LogP contribution in [0.4, 0.5) is 5.69 Å². The van der Waals surface area contributed by atoms with Gasteiger partial charge < -0.3 is 5.32 Å². The molecule has 0 bridgehead atoms. The first-order valence-corrected chi connectivity index (χ1v) is 11.6. The molecule has 0 fully saturated rings. The van der Waals surface area contributed by atoms with Crippen LogP contribution in [-0.2, 0) is 11.3 Å². The Morgan fingerprint density at radius 3 is 2.33 bits per heavy atom. The average Bonchev–Trinajstić information content (AvgIpc) is 3.06. The first kappa shape index (κ1) is 23.8. The number of hydrogen-bond donors (Lipinski definition) is 1. The molecule has 3 aromatic carbocycles. The third-order valence-corrected chi connectivity index (χ3v) is 6.36. The molecular weight excluding hydrogens is 522 g/mol. The van der Waals surface area contributed by atoms with Crippen LogP contribution in [0.3, 0.4) is 0 Å². The summed E-state index contributed by atoms with van der Waals surface area (Å²) in [4.78, 5) is 12.8. The van der Waals surface area contributed by atoms with Crippen LogP contribution in [0.5, 0.6) is 0 Å². The van der Waals surface area contributed by atoms with Crippen molar-refractivity contribution in [2.45, 2.75) is 13.5 Å². The standard InChI is InChI=1S/C23H16Cl4N4OS/c1-13-4-2-5-15(10-13)31-22(16-9-8-14(24)11-19(16)27)29-30(23(31)33)12-20(32)28-21-17(25)6-3-7-18(21)26/h2-11H,12H2,1H3,(H,28,32). The van der Waals surface area contributed by atoms with Gasteiger partial charge >= 0.3 is 0 Å². The lowest BCUT2D eigenvalue weighted by atomic mass is 10.2. The number of amides is 1. The van der Waals surface area contributed by atoms with Gasteiger partial charge in [0, 0.05) is 10.6 Å². The number of para-hydroxylation sites is 1. The zero-order chi connectivity index (χ0) is 23.7. The van der Waals surface area contributed by atoms with Crippen LogP contribution in [0, 0.1) is 11.7 Å². The summed E-state index contributed by atoms with van der Waals surface area (Å²) in [6.45, 7) is 1.82. The van der Waals surface area contributed by atoms with Gasteiger partial charge in [-0.15, -0.1) is 0 Å². The number of nitrogens with zero attached hydrogens (tertiary/aromatic N) is 3. The summed E-state index contributed by atoms with van der Waals surface area (Å²) in [5, 5.41) is 8.93. The van der Waals surface area contributed by atoms with Gasteiger partial charge in [0.2, 0.25) is 10.7 Å². The lowest BCUT2D eigenvalue weighted by Gasteiger charge is -2.09. The number of hydrogen-bond acceptors (Lipinski definition) is 3. The van der Waals surface area contributed by atoms with Gasteiger partial charge in [0.05, 0.1) is 26.4 Å². The molecule has 168 valence electrons. The van der Waals surface area contributed by atoms with Crippen molar-refractivity contribution in [1.29, 1.82) is 0 Å². The van der Waals surface area contributed by atoms with Gasteiger partial charge in [-0.3, -0.25) is 9.36 Å². The molecule has 0 unspecified atom stereocenters. The predicted octanol–water partition coefficient (Wildman–Crippen LogP) is 7.63. The predicted molar refractivity (Wildman–Crippen MR) is 138 cm³/mol. The van der Waals surface area contributed by atoms with Gasteiger partial charge in [-0.2, -0.15) is 5.10 Å². The molecule has 0 aliphatic carbocycles. The summed E-state index contributed by atoms with van der Waals surface area (Å²) < 4.78 is 3.52. The van der Waals surface area contributed by atoms with Crippen LogP contribution in [0.1, 0.15) is 5.56 Å². The molecule has 0 saturated carbocycles. The van der Waals surface area contributed by atoms with E-state index < -0.39 is 0 Å². The fourth-order valence-corrected chi connectivity index (χ4v) is 4.57. The molecule has 1 aromatic heterocycles. The molecule has 1 N–H and O–H groups in total. The van der Waals surface area contributed by atoms with E-state index in [1.165, 1.54) is 4.68 Å². The van der Waals surface area contributed by atoms with E-state index in [0.29, 0.717) is 41.9 Å². The van der Waals surface area contributed by atoms with Gasteiger partial charge in [-0.05, 0) is 67.2 Å². The third-order valence-electron chi connectivity index (χ3n) is 4.79. The van der Waals surface area contributed by atoms with E-state index in [4.69, 9.17) is 58.6 Å². The Kier molecular flexibility index (Phi) is 7.12. The van der Waals surface area contributed by atoms with Crippen molar-refractivity contribution in [3.63, 3.8) is 0 Å². The Morgan fingerprint density at radius 2 is 1.67 bits per heavy atom. The summed E-state index contributed by atoms with van der Waals surface area (Å²) >= 11 is 30.6. The van der Waals surface area contributed by atoms with E-state index in [0.717, 1.165) is 11.3 Å². The summed E-state index contributed by atoms with van der Waals surface area (Å²) in [6.07, 6.45) is 0. The lowest BCUT2D eigenvalue weighted by Crippen LogP contribution is -2.20. The summed E-state index contributed by atoms with van der Waals surface area (Å²) in [5.74, 6) is 0.0968. The molecule has 4 rings (SSSR count). The van der Waals surface area contributed by atoms with Crippen molar-refractivity contribution in [3.05, 3.63) is 91.1 Å². The van der Waals surface area contributed by atoms with Crippen LogP contribution in [-0.4, -0.2) is 20.3 Å². The minimum atomic E-state index is -0.385. The van der Waals surface area contributed by atoms with E-state index in [-0.39, 0.29) is 12.5 Å². The lowest BCUT2D eigenvalue weighted by molar-refractivity contribution is -0.116. The van der Waals surface area contributed by atoms with Crippen molar-refractivity contribution in [1.82, 2.24) is 14.3 Å². The monoisotopic (exact) mass is 536 g/mol. The van der Waals surface area contributed by atoms with Gasteiger partial charge in [0.1, 0.15) is 6.54 Å². The largest absolute Gasteiger partial charge is 0.322 e. The second kappa shape index (κ2) is 9.87. The number of benzene rings is 3. The van der Waals surface area contributed by atoms with Crippen molar-refractivity contribution >= 4 is 70.2 Å². The van der Waals surface area contributed by atoms with E-state index in [1.54, 1.807) is 41.0 Å². The highest BCUT2D eigenvalue weighted by atomic mass is 35.5. The Balaban J connectivity index is 1.78. The number of carbonyl (C=O) groups excluding carboxylic acids is 1. The number of aromatic nitrogens is 3. The van der Waals surface area contributed by atoms with E-state index in [2.05, 4.69) is 10.4 Å². The first-order chi connectivity index (χ1) is 15.7. The highest BCUT2D eigenvalue weighted by Crippen LogP contribution is 2.32. The van der Waals surface area contributed by atoms with Gasteiger partial charge in [-0.1, -0.05) is 64.6 Å². The summed E-state index contributed by atoms with van der Waals surface area (Å²) in [7, 11) is 0. The fourth-order valence-electron chi connectivity index (χ4n) is 3.29. The molecule has 10 heteroatoms. The summed E-state index contributed by atoms with van der Waals surface area (Å²) in [5.41, 5.74) is 2.79. The maximum atomic E-state index is 12.8. The van der Waals surface area contributed by atoms with Crippen LogP contribution < -0.4 is 5.32 Å². The Labute approximate surface area is 215 Å². The quantitative estimate of drug-likeness (QED) is 0.266. The molecule has 0 radical (unpaired) electrons. The van der Waals surface area contributed by atoms with Crippen molar-refractivity contribution in [2.75, 3.05) is 5.32 Å². The van der Waals surface area contributed by atoms with E-state index in [9.17, 15) is 4.79 Å². The molecule has 33 heavy (non-hydrogen) atoms. The normalized spacial score (nSPS) is 10.9. The molecule has 1 amide bonds. The maximum absolute atomic E-state index is 12.8. The van der Waals surface area contributed by atoms with Crippen LogP contribution in [0.2, 0.25) is 20.1 Å². The summed E-state index contributed by atoms with van der Waals surface area (Å²) in [6, 6.07) is 17.9. The van der Waals surface area contributed by atoms with E-state index >= 15 is 0 Å². The fraction of sp³-hybridized carbons (Fsp3) is 0.0870. The molecular formula is C23H16Cl4N4OS. The number of rotatable bonds is 5. The zero-order valence-corrected chi connectivity index (χ0v) is 21.0. The highest BCUT2D eigenvalue weighted by Gasteiger charge is 2.19. The topological polar surface area (TPSA) is 51.9 Å². The molecule has 0 atom stereocenters. The van der Waals surface area contributed by atoms with Crippen molar-refractivity contribution in [2.24, 2.45) is 0 Å². The Hall–Kier alpha value is -2.35. The molecule has 1 heterocycles. The van der Waals surface area contributed by atoms with Gasteiger partial charge in [-0.25, -0.2) is 4.68 Å². The van der Waals surface area contributed by atoms with Gasteiger partial charge in [0.25, 0.3) is 0 Å². The number of halogens is 4. The maximum Gasteiger partial charge on any atom is 0.246 e. The zero-order valence-electron chi connectivity index (χ0n) is 17.2. The third kappa shape index (κ3) is 5.10. The second-order valence-corrected chi connectivity index (χ2v) is 9.23. The highest BCUT2D eigenvalue weighted by molar-refractivity contribution is 7.71. The van der Waals surface area contributed by atoms with Crippen molar-refractivity contribution in [3.8, 4) is 17.1 Å². The number of carbonyl (C=O) groups is 1. The Bertz CT molecular complexity index is 1410. The average molecular weight is 538 g/mol. The van der Waals surface area contributed by atoms with Crippen molar-refractivity contribution < 1.29 is 4.79 Å². The molecule has 0 aliphatic rings. The van der Waals surface area contributed by atoms with E-state index in [1.807, 2.05) is 31.2 Å².